The van der Waals surface area contributed by atoms with E-state index in [1.807, 2.05) is 6.92 Å². The van der Waals surface area contributed by atoms with Crippen LogP contribution in [0.25, 0.3) is 0 Å². The summed E-state index contributed by atoms with van der Waals surface area (Å²) in [7, 11) is 0. The summed E-state index contributed by atoms with van der Waals surface area (Å²) in [6.07, 6.45) is 1.74. The zero-order valence-electron chi connectivity index (χ0n) is 26.4. The molecule has 46 heavy (non-hydrogen) atoms. The molecule has 0 spiro atoms. The molecular formula is C31H43N7O8. The van der Waals surface area contributed by atoms with E-state index < -0.39 is 60.0 Å². The summed E-state index contributed by atoms with van der Waals surface area (Å²) in [5, 5.41) is 17.2. The third-order valence-corrected chi connectivity index (χ3v) is 7.26. The zero-order valence-corrected chi connectivity index (χ0v) is 26.4. The van der Waals surface area contributed by atoms with E-state index in [9.17, 15) is 28.8 Å². The monoisotopic (exact) mass is 641 g/mol. The lowest BCUT2D eigenvalue weighted by atomic mass is 10.0. The topological polar surface area (TPSA) is 224 Å². The first-order chi connectivity index (χ1) is 22.0. The van der Waals surface area contributed by atoms with Crippen LogP contribution in [0.4, 0.5) is 0 Å². The highest BCUT2D eigenvalue weighted by molar-refractivity contribution is 6.01. The van der Waals surface area contributed by atoms with Crippen molar-refractivity contribution >= 4 is 35.4 Å². The normalized spacial score (nSPS) is 19.9. The SMILES string of the molecule is CCc1cc(C(=O)NCCCC[C@@H]2NC(=O)[C@@H](C(C)C)NC(=O)[C@H](CC(N)=O)NC(=O)c3ccccc3OCCCNC2=O)no1. The molecule has 1 aliphatic heterocycles. The molecular weight excluding hydrogens is 598 g/mol. The van der Waals surface area contributed by atoms with E-state index in [1.165, 1.54) is 6.07 Å². The second kappa shape index (κ2) is 17.5. The number of para-hydroxylation sites is 1. The highest BCUT2D eigenvalue weighted by Gasteiger charge is 2.32. The van der Waals surface area contributed by atoms with Crippen LogP contribution < -0.4 is 37.1 Å². The van der Waals surface area contributed by atoms with Gasteiger partial charge < -0.3 is 41.6 Å². The number of primary amides is 1. The fourth-order valence-corrected chi connectivity index (χ4v) is 4.69. The summed E-state index contributed by atoms with van der Waals surface area (Å²) in [5.41, 5.74) is 5.69. The van der Waals surface area contributed by atoms with Crippen molar-refractivity contribution in [3.63, 3.8) is 0 Å². The Morgan fingerprint density at radius 1 is 1.02 bits per heavy atom. The van der Waals surface area contributed by atoms with Gasteiger partial charge in [-0.3, -0.25) is 28.8 Å². The van der Waals surface area contributed by atoms with Crippen LogP contribution in [0.2, 0.25) is 0 Å². The average Bonchev–Trinajstić information content (AvgIpc) is 3.51. The number of hydrogen-bond acceptors (Lipinski definition) is 9. The molecule has 15 nitrogen and oxygen atoms in total. The Labute approximate surface area is 267 Å². The Bertz CT molecular complexity index is 1390. The van der Waals surface area contributed by atoms with E-state index in [-0.39, 0.29) is 42.5 Å². The van der Waals surface area contributed by atoms with Crippen molar-refractivity contribution in [2.75, 3.05) is 19.7 Å². The molecule has 0 saturated carbocycles. The van der Waals surface area contributed by atoms with Crippen molar-refractivity contribution in [1.29, 1.82) is 0 Å². The Morgan fingerprint density at radius 2 is 1.78 bits per heavy atom. The minimum atomic E-state index is -1.37. The van der Waals surface area contributed by atoms with Crippen LogP contribution >= 0.6 is 0 Å². The summed E-state index contributed by atoms with van der Waals surface area (Å²) in [5.74, 6) is -3.27. The number of carbonyl (C=O) groups excluding carboxylic acids is 6. The minimum absolute atomic E-state index is 0.138. The molecule has 3 atom stereocenters. The molecule has 2 heterocycles. The Balaban J connectivity index is 1.73. The molecule has 0 saturated heterocycles. The molecule has 0 unspecified atom stereocenters. The van der Waals surface area contributed by atoms with Crippen LogP contribution in [-0.4, -0.2) is 78.4 Å². The molecule has 0 radical (unpaired) electrons. The van der Waals surface area contributed by atoms with E-state index in [4.69, 9.17) is 15.0 Å². The third-order valence-electron chi connectivity index (χ3n) is 7.26. The predicted octanol–water partition coefficient (Wildman–Crippen LogP) is 0.335. The highest BCUT2D eigenvalue weighted by atomic mass is 16.5. The molecule has 15 heteroatoms. The van der Waals surface area contributed by atoms with E-state index in [0.29, 0.717) is 38.0 Å². The van der Waals surface area contributed by atoms with Crippen molar-refractivity contribution in [2.45, 2.75) is 77.4 Å². The van der Waals surface area contributed by atoms with Crippen LogP contribution in [-0.2, 0) is 25.6 Å². The van der Waals surface area contributed by atoms with Gasteiger partial charge in [0.2, 0.25) is 23.6 Å². The van der Waals surface area contributed by atoms with Crippen LogP contribution in [0, 0.1) is 5.92 Å². The number of amides is 6. The number of nitrogens with zero attached hydrogens (tertiary/aromatic N) is 1. The number of hydrogen-bond donors (Lipinski definition) is 6. The number of nitrogens with one attached hydrogen (secondary N) is 5. The summed E-state index contributed by atoms with van der Waals surface area (Å²) in [6, 6.07) is 4.57. The maximum atomic E-state index is 13.4. The van der Waals surface area contributed by atoms with E-state index >= 15 is 0 Å². The van der Waals surface area contributed by atoms with Gasteiger partial charge in [-0.05, 0) is 43.7 Å². The Morgan fingerprint density at radius 3 is 2.48 bits per heavy atom. The number of ether oxygens (including phenoxy) is 1. The molecule has 2 aromatic rings. The number of benzene rings is 1. The van der Waals surface area contributed by atoms with Gasteiger partial charge in [0.25, 0.3) is 11.8 Å². The number of aryl methyl sites for hydroxylation is 1. The zero-order chi connectivity index (χ0) is 33.6. The van der Waals surface area contributed by atoms with Gasteiger partial charge in [0.05, 0.1) is 18.6 Å². The average molecular weight is 642 g/mol. The molecule has 0 bridgehead atoms. The molecule has 6 amide bonds. The number of rotatable bonds is 10. The second-order valence-electron chi connectivity index (χ2n) is 11.3. The second-order valence-corrected chi connectivity index (χ2v) is 11.3. The third kappa shape index (κ3) is 10.6. The van der Waals surface area contributed by atoms with Gasteiger partial charge in [-0.1, -0.05) is 38.1 Å². The van der Waals surface area contributed by atoms with Gasteiger partial charge >= 0.3 is 0 Å². The summed E-state index contributed by atoms with van der Waals surface area (Å²) >= 11 is 0. The Kier molecular flexibility index (Phi) is 13.5. The van der Waals surface area contributed by atoms with Crippen molar-refractivity contribution in [2.24, 2.45) is 11.7 Å². The molecule has 250 valence electrons. The lowest BCUT2D eigenvalue weighted by Crippen LogP contribution is -2.58. The van der Waals surface area contributed by atoms with Crippen molar-refractivity contribution < 1.29 is 38.0 Å². The van der Waals surface area contributed by atoms with Gasteiger partial charge in [0.1, 0.15) is 29.6 Å². The standard InChI is InChI=1S/C31H43N7O8/c1-4-19-16-23(38-46-19)29(42)33-13-8-7-11-21-28(41)34-14-9-15-45-24-12-6-5-10-20(24)27(40)36-22(17-25(32)39)30(43)37-26(18(2)3)31(44)35-21/h5-6,10,12,16,18,21-22,26H,4,7-9,11,13-15,17H2,1-3H3,(H2,32,39)(H,33,42)(H,34,41)(H,35,44)(H,36,40)(H,37,43)/t21-,22-,26+/m0/s1. The molecule has 1 aromatic carbocycles. The van der Waals surface area contributed by atoms with Gasteiger partial charge in [-0.15, -0.1) is 0 Å². The summed E-state index contributed by atoms with van der Waals surface area (Å²) in [4.78, 5) is 77.2. The smallest absolute Gasteiger partial charge is 0.273 e. The molecule has 7 N–H and O–H groups in total. The number of unbranched alkanes of at least 4 members (excludes halogenated alkanes) is 1. The lowest BCUT2D eigenvalue weighted by Gasteiger charge is -2.27. The molecule has 1 aliphatic rings. The van der Waals surface area contributed by atoms with Gasteiger partial charge in [-0.2, -0.15) is 0 Å². The Hall–Kier alpha value is -4.95. The first kappa shape index (κ1) is 35.5. The number of aromatic nitrogens is 1. The van der Waals surface area contributed by atoms with Crippen LogP contribution in [0.3, 0.4) is 0 Å². The molecule has 1 aromatic heterocycles. The predicted molar refractivity (Wildman–Crippen MR) is 165 cm³/mol. The van der Waals surface area contributed by atoms with Crippen molar-refractivity contribution in [1.82, 2.24) is 31.7 Å². The first-order valence-corrected chi connectivity index (χ1v) is 15.4. The molecule has 0 aliphatic carbocycles. The maximum Gasteiger partial charge on any atom is 0.273 e. The lowest BCUT2D eigenvalue weighted by molar-refractivity contribution is -0.134. The van der Waals surface area contributed by atoms with Gasteiger partial charge in [0.15, 0.2) is 5.69 Å². The van der Waals surface area contributed by atoms with Gasteiger partial charge in [-0.25, -0.2) is 0 Å². The van der Waals surface area contributed by atoms with E-state index in [2.05, 4.69) is 31.7 Å². The number of nitrogens with two attached hydrogens (primary N) is 1. The number of carbonyl (C=O) groups is 6. The van der Waals surface area contributed by atoms with Crippen LogP contribution in [0.1, 0.15) is 79.5 Å². The minimum Gasteiger partial charge on any atom is -0.493 e. The largest absolute Gasteiger partial charge is 0.493 e. The fraction of sp³-hybridized carbons (Fsp3) is 0.516. The van der Waals surface area contributed by atoms with Gasteiger partial charge in [0, 0.05) is 25.6 Å². The summed E-state index contributed by atoms with van der Waals surface area (Å²) < 4.78 is 10.8. The maximum absolute atomic E-state index is 13.4. The highest BCUT2D eigenvalue weighted by Crippen LogP contribution is 2.19. The van der Waals surface area contributed by atoms with Crippen LogP contribution in [0.5, 0.6) is 5.75 Å². The van der Waals surface area contributed by atoms with Crippen molar-refractivity contribution in [3.8, 4) is 5.75 Å². The van der Waals surface area contributed by atoms with E-state index in [1.54, 1.807) is 38.1 Å². The first-order valence-electron chi connectivity index (χ1n) is 15.4. The van der Waals surface area contributed by atoms with E-state index in [0.717, 1.165) is 0 Å². The fourth-order valence-electron chi connectivity index (χ4n) is 4.69. The summed E-state index contributed by atoms with van der Waals surface area (Å²) in [6.45, 7) is 6.00. The van der Waals surface area contributed by atoms with Crippen LogP contribution in [0.15, 0.2) is 34.9 Å². The molecule has 3 rings (SSSR count). The van der Waals surface area contributed by atoms with Crippen molar-refractivity contribution in [3.05, 3.63) is 47.3 Å². The molecule has 0 fully saturated rings. The quantitative estimate of drug-likeness (QED) is 0.196. The number of fused-ring (bicyclic) bond motifs is 1.